The summed E-state index contributed by atoms with van der Waals surface area (Å²) in [6, 6.07) is 0. The van der Waals surface area contributed by atoms with Crippen LogP contribution in [-0.2, 0) is 9.53 Å². The molecule has 0 radical (unpaired) electrons. The molecule has 2 bridgehead atoms. The second kappa shape index (κ2) is 2.59. The molecule has 0 amide bonds. The van der Waals surface area contributed by atoms with Crippen LogP contribution >= 0.6 is 0 Å². The Morgan fingerprint density at radius 3 is 2.82 bits per heavy atom. The van der Waals surface area contributed by atoms with E-state index in [2.05, 4.69) is 0 Å². The molecule has 2 fully saturated rings. The lowest BCUT2D eigenvalue weighted by molar-refractivity contribution is -0.124. The zero-order valence-corrected chi connectivity index (χ0v) is 6.88. The van der Waals surface area contributed by atoms with E-state index in [1.165, 1.54) is 6.42 Å². The van der Waals surface area contributed by atoms with Crippen LogP contribution in [-0.4, -0.2) is 18.0 Å². The van der Waals surface area contributed by atoms with Crippen LogP contribution in [0.25, 0.3) is 0 Å². The van der Waals surface area contributed by atoms with Gasteiger partial charge in [0.15, 0.2) is 0 Å². The zero-order valence-electron chi connectivity index (χ0n) is 6.88. The molecule has 2 heteroatoms. The second-order valence-electron chi connectivity index (χ2n) is 3.54. The molecule has 2 aliphatic rings. The van der Waals surface area contributed by atoms with Crippen LogP contribution in [0.3, 0.4) is 0 Å². The summed E-state index contributed by atoms with van der Waals surface area (Å²) in [6.07, 6.45) is 4.67. The molecule has 3 atom stereocenters. The summed E-state index contributed by atoms with van der Waals surface area (Å²) in [5, 5.41) is 0. The first-order chi connectivity index (χ1) is 5.31. The monoisotopic (exact) mass is 154 g/mol. The predicted molar refractivity (Wildman–Crippen MR) is 41.3 cm³/mol. The van der Waals surface area contributed by atoms with Gasteiger partial charge in [0.05, 0.1) is 12.2 Å². The molecule has 0 aliphatic carbocycles. The first kappa shape index (κ1) is 7.29. The molecule has 2 aliphatic heterocycles. The largest absolute Gasteiger partial charge is 0.374 e. The number of carbonyl (C=O) groups is 1. The standard InChI is InChI=1S/C9H14O2/c1-2-8(10)7-5-6-3-4-9(7)11-6/h6-7,9H,2-5H2,1H3/t6-,7+,9+/m1/s1. The Balaban J connectivity index is 2.02. The summed E-state index contributed by atoms with van der Waals surface area (Å²) in [4.78, 5) is 11.3. The van der Waals surface area contributed by atoms with Gasteiger partial charge in [0, 0.05) is 12.3 Å². The number of hydrogen-bond acceptors (Lipinski definition) is 2. The van der Waals surface area contributed by atoms with E-state index in [9.17, 15) is 4.79 Å². The van der Waals surface area contributed by atoms with Crippen LogP contribution in [0.1, 0.15) is 32.6 Å². The second-order valence-corrected chi connectivity index (χ2v) is 3.54. The highest BCUT2D eigenvalue weighted by Crippen LogP contribution is 2.39. The molecule has 0 aromatic carbocycles. The van der Waals surface area contributed by atoms with Crippen LogP contribution in [0.2, 0.25) is 0 Å². The normalized spacial score (nSPS) is 41.4. The first-order valence-electron chi connectivity index (χ1n) is 4.49. The number of hydrogen-bond donors (Lipinski definition) is 0. The Hall–Kier alpha value is -0.370. The van der Waals surface area contributed by atoms with E-state index in [4.69, 9.17) is 4.74 Å². The minimum atomic E-state index is 0.249. The Morgan fingerprint density at radius 2 is 2.36 bits per heavy atom. The predicted octanol–water partition coefficient (Wildman–Crippen LogP) is 1.53. The molecule has 0 spiro atoms. The minimum Gasteiger partial charge on any atom is -0.374 e. The van der Waals surface area contributed by atoms with Crippen molar-refractivity contribution < 1.29 is 9.53 Å². The van der Waals surface area contributed by atoms with E-state index >= 15 is 0 Å². The van der Waals surface area contributed by atoms with Gasteiger partial charge < -0.3 is 4.74 Å². The number of ether oxygens (including phenoxy) is 1. The summed E-state index contributed by atoms with van der Waals surface area (Å²) in [5.74, 6) is 0.649. The van der Waals surface area contributed by atoms with Crippen molar-refractivity contribution >= 4 is 5.78 Å². The molecular formula is C9H14O2. The smallest absolute Gasteiger partial charge is 0.138 e. The van der Waals surface area contributed by atoms with Crippen LogP contribution in [0.4, 0.5) is 0 Å². The molecule has 2 saturated heterocycles. The lowest BCUT2D eigenvalue weighted by Gasteiger charge is -2.15. The Labute approximate surface area is 66.9 Å². The number of Topliss-reactive ketones (excluding diaryl/α,β-unsaturated/α-hetero) is 1. The Bertz CT molecular complexity index is 176. The van der Waals surface area contributed by atoms with Gasteiger partial charge in [0.2, 0.25) is 0 Å². The zero-order chi connectivity index (χ0) is 7.84. The van der Waals surface area contributed by atoms with E-state index < -0.39 is 0 Å². The Morgan fingerprint density at radius 1 is 1.55 bits per heavy atom. The minimum absolute atomic E-state index is 0.249. The molecule has 2 heterocycles. The van der Waals surface area contributed by atoms with E-state index in [0.29, 0.717) is 18.3 Å². The number of rotatable bonds is 2. The van der Waals surface area contributed by atoms with Gasteiger partial charge in [0.25, 0.3) is 0 Å². The van der Waals surface area contributed by atoms with E-state index in [1.807, 2.05) is 6.92 Å². The van der Waals surface area contributed by atoms with Gasteiger partial charge in [-0.2, -0.15) is 0 Å². The van der Waals surface area contributed by atoms with Crippen LogP contribution in [0.15, 0.2) is 0 Å². The van der Waals surface area contributed by atoms with Crippen molar-refractivity contribution in [2.24, 2.45) is 5.92 Å². The molecular weight excluding hydrogens is 140 g/mol. The summed E-state index contributed by atoms with van der Waals surface area (Å²) < 4.78 is 5.59. The molecule has 0 N–H and O–H groups in total. The van der Waals surface area contributed by atoms with Crippen LogP contribution in [0, 0.1) is 5.92 Å². The molecule has 2 rings (SSSR count). The van der Waals surface area contributed by atoms with Gasteiger partial charge in [0.1, 0.15) is 5.78 Å². The van der Waals surface area contributed by atoms with Gasteiger partial charge in [-0.1, -0.05) is 6.92 Å². The third-order valence-corrected chi connectivity index (χ3v) is 2.87. The van der Waals surface area contributed by atoms with Gasteiger partial charge in [-0.3, -0.25) is 4.79 Å². The highest BCUT2D eigenvalue weighted by molar-refractivity contribution is 5.81. The van der Waals surface area contributed by atoms with E-state index in [0.717, 1.165) is 12.8 Å². The average Bonchev–Trinajstić information content (AvgIpc) is 2.62. The fourth-order valence-corrected chi connectivity index (χ4v) is 2.24. The maximum absolute atomic E-state index is 11.3. The van der Waals surface area contributed by atoms with Gasteiger partial charge in [-0.15, -0.1) is 0 Å². The lowest BCUT2D eigenvalue weighted by atomic mass is 9.85. The van der Waals surface area contributed by atoms with Crippen molar-refractivity contribution in [3.05, 3.63) is 0 Å². The molecule has 0 unspecified atom stereocenters. The average molecular weight is 154 g/mol. The van der Waals surface area contributed by atoms with Crippen molar-refractivity contribution in [2.75, 3.05) is 0 Å². The van der Waals surface area contributed by atoms with Crippen LogP contribution in [0.5, 0.6) is 0 Å². The van der Waals surface area contributed by atoms with Gasteiger partial charge in [-0.05, 0) is 19.3 Å². The first-order valence-corrected chi connectivity index (χ1v) is 4.49. The van der Waals surface area contributed by atoms with Crippen LogP contribution < -0.4 is 0 Å². The van der Waals surface area contributed by atoms with Crippen molar-refractivity contribution in [1.29, 1.82) is 0 Å². The summed E-state index contributed by atoms with van der Waals surface area (Å²) in [5.41, 5.74) is 0. The molecule has 2 nitrogen and oxygen atoms in total. The molecule has 62 valence electrons. The number of ketones is 1. The highest BCUT2D eigenvalue weighted by Gasteiger charge is 2.43. The Kier molecular flexibility index (Phi) is 1.72. The van der Waals surface area contributed by atoms with Gasteiger partial charge in [-0.25, -0.2) is 0 Å². The van der Waals surface area contributed by atoms with E-state index in [1.54, 1.807) is 0 Å². The van der Waals surface area contributed by atoms with Gasteiger partial charge >= 0.3 is 0 Å². The quantitative estimate of drug-likeness (QED) is 0.603. The maximum Gasteiger partial charge on any atom is 0.138 e. The number of fused-ring (bicyclic) bond motifs is 2. The SMILES string of the molecule is CCC(=O)[C@@H]1C[C@H]2CC[C@@H]1O2. The van der Waals surface area contributed by atoms with E-state index in [-0.39, 0.29) is 12.0 Å². The highest BCUT2D eigenvalue weighted by atomic mass is 16.5. The summed E-state index contributed by atoms with van der Waals surface area (Å²) >= 11 is 0. The third kappa shape index (κ3) is 1.09. The fourth-order valence-electron chi connectivity index (χ4n) is 2.24. The van der Waals surface area contributed by atoms with Crippen molar-refractivity contribution in [3.63, 3.8) is 0 Å². The van der Waals surface area contributed by atoms with Crippen molar-refractivity contribution in [1.82, 2.24) is 0 Å². The lowest BCUT2D eigenvalue weighted by Crippen LogP contribution is -2.24. The summed E-state index contributed by atoms with van der Waals surface area (Å²) in [6.45, 7) is 1.94. The van der Waals surface area contributed by atoms with Crippen molar-refractivity contribution in [2.45, 2.75) is 44.8 Å². The molecule has 0 saturated carbocycles. The number of carbonyl (C=O) groups excluding carboxylic acids is 1. The third-order valence-electron chi connectivity index (χ3n) is 2.87. The molecule has 11 heavy (non-hydrogen) atoms. The molecule has 0 aromatic rings. The maximum atomic E-state index is 11.3. The fraction of sp³-hybridized carbons (Fsp3) is 0.889. The summed E-state index contributed by atoms with van der Waals surface area (Å²) in [7, 11) is 0. The topological polar surface area (TPSA) is 26.3 Å². The molecule has 0 aromatic heterocycles. The van der Waals surface area contributed by atoms with Crippen molar-refractivity contribution in [3.8, 4) is 0 Å².